The van der Waals surface area contributed by atoms with Gasteiger partial charge < -0.3 is 10.2 Å². The normalized spacial score (nSPS) is 12.1. The first-order chi connectivity index (χ1) is 18.0. The topological polar surface area (TPSA) is 86.8 Å². The van der Waals surface area contributed by atoms with Crippen LogP contribution in [0.5, 0.6) is 0 Å². The van der Waals surface area contributed by atoms with Crippen LogP contribution in [0.3, 0.4) is 0 Å². The number of amides is 2. The summed E-state index contributed by atoms with van der Waals surface area (Å²) >= 11 is 24.8. The molecule has 0 heterocycles. The van der Waals surface area contributed by atoms with E-state index in [0.717, 1.165) is 4.31 Å². The number of hydrogen-bond donors (Lipinski definition) is 1. The third-order valence-corrected chi connectivity index (χ3v) is 8.54. The van der Waals surface area contributed by atoms with E-state index in [1.54, 1.807) is 37.3 Å². The minimum absolute atomic E-state index is 0.0328. The second kappa shape index (κ2) is 13.0. The second-order valence-electron chi connectivity index (χ2n) is 8.25. The molecule has 12 heteroatoms. The van der Waals surface area contributed by atoms with E-state index in [9.17, 15) is 18.0 Å². The Kier molecular flexibility index (Phi) is 10.3. The van der Waals surface area contributed by atoms with Crippen LogP contribution in [-0.4, -0.2) is 44.8 Å². The Morgan fingerprint density at radius 2 is 1.53 bits per heavy atom. The van der Waals surface area contributed by atoms with Gasteiger partial charge in [0.2, 0.25) is 11.8 Å². The van der Waals surface area contributed by atoms with Crippen molar-refractivity contribution in [2.24, 2.45) is 0 Å². The Labute approximate surface area is 242 Å². The Morgan fingerprint density at radius 3 is 2.08 bits per heavy atom. The van der Waals surface area contributed by atoms with Gasteiger partial charge in [-0.1, -0.05) is 77.6 Å². The van der Waals surface area contributed by atoms with Crippen molar-refractivity contribution < 1.29 is 18.0 Å². The SMILES string of the molecule is CCC(C(=O)NC)N(Cc1ccc(Cl)cc1Cl)C(=O)CN(c1cc(Cl)cc(Cl)c1)S(=O)(=O)c1ccccc1. The lowest BCUT2D eigenvalue weighted by Crippen LogP contribution is -2.51. The predicted molar refractivity (Wildman–Crippen MR) is 153 cm³/mol. The first-order valence-corrected chi connectivity index (χ1v) is 14.4. The smallest absolute Gasteiger partial charge is 0.264 e. The van der Waals surface area contributed by atoms with Gasteiger partial charge in [-0.15, -0.1) is 0 Å². The maximum Gasteiger partial charge on any atom is 0.264 e. The van der Waals surface area contributed by atoms with Crippen LogP contribution in [0.2, 0.25) is 20.1 Å². The zero-order valence-electron chi connectivity index (χ0n) is 20.5. The molecule has 7 nitrogen and oxygen atoms in total. The molecule has 0 bridgehead atoms. The number of carbonyl (C=O) groups excluding carboxylic acids is 2. The molecule has 0 aromatic heterocycles. The van der Waals surface area contributed by atoms with Crippen molar-refractivity contribution in [3.63, 3.8) is 0 Å². The standard InChI is InChI=1S/C26H25Cl4N3O4S/c1-3-24(26(35)31-2)32(15-17-9-10-18(27)14-23(17)30)25(34)16-33(21-12-19(28)11-20(29)13-21)38(36,37)22-7-5-4-6-8-22/h4-14,24H,3,15-16H2,1-2H3,(H,31,35). The van der Waals surface area contributed by atoms with Gasteiger partial charge in [-0.2, -0.15) is 0 Å². The minimum atomic E-state index is -4.24. The first kappa shape index (κ1) is 30.1. The average molecular weight is 617 g/mol. The van der Waals surface area contributed by atoms with Gasteiger partial charge in [0, 0.05) is 33.7 Å². The van der Waals surface area contributed by atoms with Crippen molar-refractivity contribution in [2.45, 2.75) is 30.8 Å². The highest BCUT2D eigenvalue weighted by Crippen LogP contribution is 2.30. The van der Waals surface area contributed by atoms with Crippen LogP contribution in [0.25, 0.3) is 0 Å². The van der Waals surface area contributed by atoms with E-state index >= 15 is 0 Å². The van der Waals surface area contributed by atoms with Crippen LogP contribution in [0.1, 0.15) is 18.9 Å². The lowest BCUT2D eigenvalue weighted by Gasteiger charge is -2.33. The molecule has 0 aliphatic carbocycles. The van der Waals surface area contributed by atoms with Crippen molar-refractivity contribution in [1.29, 1.82) is 0 Å². The van der Waals surface area contributed by atoms with Crippen LogP contribution in [0, 0.1) is 0 Å². The van der Waals surface area contributed by atoms with Gasteiger partial charge in [0.15, 0.2) is 0 Å². The molecule has 1 N–H and O–H groups in total. The van der Waals surface area contributed by atoms with Gasteiger partial charge in [-0.05, 0) is 54.4 Å². The van der Waals surface area contributed by atoms with E-state index in [1.165, 1.54) is 48.3 Å². The molecule has 0 aliphatic rings. The highest BCUT2D eigenvalue weighted by Gasteiger charge is 2.33. The van der Waals surface area contributed by atoms with E-state index in [-0.39, 0.29) is 33.6 Å². The largest absolute Gasteiger partial charge is 0.357 e. The predicted octanol–water partition coefficient (Wildman–Crippen LogP) is 6.05. The summed E-state index contributed by atoms with van der Waals surface area (Å²) in [5, 5.41) is 3.66. The number of sulfonamides is 1. The number of benzene rings is 3. The summed E-state index contributed by atoms with van der Waals surface area (Å²) in [5.41, 5.74) is 0.632. The molecular formula is C26H25Cl4N3O4S. The van der Waals surface area contributed by atoms with Gasteiger partial charge in [0.05, 0.1) is 10.6 Å². The fraction of sp³-hybridized carbons (Fsp3) is 0.231. The lowest BCUT2D eigenvalue weighted by atomic mass is 10.1. The third kappa shape index (κ3) is 7.12. The van der Waals surface area contributed by atoms with E-state index in [1.807, 2.05) is 0 Å². The quantitative estimate of drug-likeness (QED) is 0.300. The molecule has 0 aliphatic heterocycles. The monoisotopic (exact) mass is 615 g/mol. The Balaban J connectivity index is 2.10. The van der Waals surface area contributed by atoms with Gasteiger partial charge >= 0.3 is 0 Å². The summed E-state index contributed by atoms with van der Waals surface area (Å²) in [6.07, 6.45) is 0.269. The average Bonchev–Trinajstić information content (AvgIpc) is 2.87. The molecule has 202 valence electrons. The summed E-state index contributed by atoms with van der Waals surface area (Å²) in [7, 11) is -2.78. The van der Waals surface area contributed by atoms with Crippen molar-refractivity contribution in [3.8, 4) is 0 Å². The van der Waals surface area contributed by atoms with Crippen molar-refractivity contribution in [2.75, 3.05) is 17.9 Å². The number of likely N-dealkylation sites (N-methyl/N-ethyl adjacent to an activating group) is 1. The number of anilines is 1. The van der Waals surface area contributed by atoms with Gasteiger partial charge in [0.1, 0.15) is 12.6 Å². The van der Waals surface area contributed by atoms with Crippen LogP contribution in [-0.2, 0) is 26.2 Å². The lowest BCUT2D eigenvalue weighted by molar-refractivity contribution is -0.140. The molecule has 0 spiro atoms. The molecule has 3 aromatic rings. The number of nitrogens with zero attached hydrogens (tertiary/aromatic N) is 2. The number of carbonyl (C=O) groups is 2. The fourth-order valence-electron chi connectivity index (χ4n) is 3.85. The Morgan fingerprint density at radius 1 is 0.895 bits per heavy atom. The molecule has 1 unspecified atom stereocenters. The first-order valence-electron chi connectivity index (χ1n) is 11.5. The molecule has 0 saturated carbocycles. The van der Waals surface area contributed by atoms with Crippen LogP contribution < -0.4 is 9.62 Å². The van der Waals surface area contributed by atoms with Gasteiger partial charge in [0.25, 0.3) is 10.0 Å². The Bertz CT molecular complexity index is 1400. The molecule has 3 rings (SSSR count). The summed E-state index contributed by atoms with van der Waals surface area (Å²) < 4.78 is 28.4. The molecular weight excluding hydrogens is 592 g/mol. The maximum absolute atomic E-state index is 13.9. The summed E-state index contributed by atoms with van der Waals surface area (Å²) in [4.78, 5) is 27.9. The van der Waals surface area contributed by atoms with E-state index in [2.05, 4.69) is 5.32 Å². The highest BCUT2D eigenvalue weighted by atomic mass is 35.5. The molecule has 38 heavy (non-hydrogen) atoms. The summed E-state index contributed by atoms with van der Waals surface area (Å²) in [6, 6.07) is 15.8. The van der Waals surface area contributed by atoms with E-state index in [0.29, 0.717) is 15.6 Å². The number of hydrogen-bond acceptors (Lipinski definition) is 4. The number of rotatable bonds is 10. The van der Waals surface area contributed by atoms with Gasteiger partial charge in [-0.3, -0.25) is 13.9 Å². The number of halogens is 4. The van der Waals surface area contributed by atoms with Crippen LogP contribution >= 0.6 is 46.4 Å². The molecule has 3 aromatic carbocycles. The van der Waals surface area contributed by atoms with Crippen molar-refractivity contribution in [3.05, 3.63) is 92.4 Å². The molecule has 0 saturated heterocycles. The summed E-state index contributed by atoms with van der Waals surface area (Å²) in [5.74, 6) is -1.05. The number of nitrogens with one attached hydrogen (secondary N) is 1. The molecule has 1 atom stereocenters. The van der Waals surface area contributed by atoms with Crippen molar-refractivity contribution in [1.82, 2.24) is 10.2 Å². The fourth-order valence-corrected chi connectivity index (χ4v) is 6.25. The van der Waals surface area contributed by atoms with Gasteiger partial charge in [-0.25, -0.2) is 8.42 Å². The minimum Gasteiger partial charge on any atom is -0.357 e. The van der Waals surface area contributed by atoms with Crippen LogP contribution in [0.4, 0.5) is 5.69 Å². The zero-order valence-corrected chi connectivity index (χ0v) is 24.3. The molecule has 2 amide bonds. The van der Waals surface area contributed by atoms with E-state index < -0.39 is 34.4 Å². The zero-order chi connectivity index (χ0) is 28.0. The molecule has 0 fully saturated rings. The van der Waals surface area contributed by atoms with E-state index in [4.69, 9.17) is 46.4 Å². The maximum atomic E-state index is 13.9. The Hall–Kier alpha value is -2.49. The van der Waals surface area contributed by atoms with Crippen molar-refractivity contribution >= 4 is 73.9 Å². The summed E-state index contributed by atoms with van der Waals surface area (Å²) in [6.45, 7) is 1.06. The molecule has 0 radical (unpaired) electrons. The highest BCUT2D eigenvalue weighted by molar-refractivity contribution is 7.92. The third-order valence-electron chi connectivity index (χ3n) is 5.73. The van der Waals surface area contributed by atoms with Crippen LogP contribution in [0.15, 0.2) is 71.6 Å². The second-order valence-corrected chi connectivity index (χ2v) is 11.8.